The minimum absolute atomic E-state index is 0.172. The standard InChI is InChI=1S/C8H6Br2O3/c1-13-4-2-5(8(11)12)7(10)6(9)3-4/h2-3H,1H3,(H,11,12). The number of methoxy groups -OCH3 is 1. The molecule has 0 fully saturated rings. The first-order chi connectivity index (χ1) is 6.06. The summed E-state index contributed by atoms with van der Waals surface area (Å²) in [5, 5.41) is 8.80. The molecule has 1 aromatic rings. The second-order valence-electron chi connectivity index (χ2n) is 2.28. The highest BCUT2D eigenvalue weighted by atomic mass is 79.9. The number of halogens is 2. The van der Waals surface area contributed by atoms with E-state index in [2.05, 4.69) is 31.9 Å². The van der Waals surface area contributed by atoms with Gasteiger partial charge in [-0.3, -0.25) is 0 Å². The number of hydrogen-bond acceptors (Lipinski definition) is 2. The third-order valence-electron chi connectivity index (χ3n) is 1.47. The van der Waals surface area contributed by atoms with Crippen LogP contribution in [0.5, 0.6) is 5.75 Å². The summed E-state index contributed by atoms with van der Waals surface area (Å²) in [7, 11) is 1.49. The Hall–Kier alpha value is -0.550. The normalized spacial score (nSPS) is 9.77. The highest BCUT2D eigenvalue weighted by Gasteiger charge is 2.12. The van der Waals surface area contributed by atoms with Gasteiger partial charge in [-0.25, -0.2) is 4.79 Å². The monoisotopic (exact) mass is 308 g/mol. The van der Waals surface area contributed by atoms with Crippen LogP contribution in [0.4, 0.5) is 0 Å². The quantitative estimate of drug-likeness (QED) is 0.913. The summed E-state index contributed by atoms with van der Waals surface area (Å²) < 4.78 is 6.10. The molecule has 0 aromatic heterocycles. The predicted molar refractivity (Wildman–Crippen MR) is 55.4 cm³/mol. The molecular formula is C8H6Br2O3. The summed E-state index contributed by atoms with van der Waals surface area (Å²) in [6, 6.07) is 3.15. The van der Waals surface area contributed by atoms with E-state index in [1.54, 1.807) is 6.07 Å². The van der Waals surface area contributed by atoms with Crippen LogP contribution < -0.4 is 4.74 Å². The van der Waals surface area contributed by atoms with Crippen LogP contribution in [0.2, 0.25) is 0 Å². The summed E-state index contributed by atoms with van der Waals surface area (Å²) in [6.07, 6.45) is 0. The Morgan fingerprint density at radius 1 is 1.46 bits per heavy atom. The van der Waals surface area contributed by atoms with Gasteiger partial charge in [-0.1, -0.05) is 0 Å². The molecule has 0 radical (unpaired) electrons. The van der Waals surface area contributed by atoms with Gasteiger partial charge in [0.2, 0.25) is 0 Å². The summed E-state index contributed by atoms with van der Waals surface area (Å²) >= 11 is 6.38. The number of aromatic carboxylic acids is 1. The molecule has 0 saturated carbocycles. The lowest BCUT2D eigenvalue weighted by Crippen LogP contribution is -1.99. The Morgan fingerprint density at radius 2 is 2.08 bits per heavy atom. The average Bonchev–Trinajstić information content (AvgIpc) is 2.09. The Morgan fingerprint density at radius 3 is 2.54 bits per heavy atom. The van der Waals surface area contributed by atoms with E-state index in [0.717, 1.165) is 0 Å². The molecule has 70 valence electrons. The average molecular weight is 310 g/mol. The van der Waals surface area contributed by atoms with Crippen molar-refractivity contribution in [2.24, 2.45) is 0 Å². The van der Waals surface area contributed by atoms with Crippen molar-refractivity contribution in [3.63, 3.8) is 0 Å². The molecule has 3 nitrogen and oxygen atoms in total. The fraction of sp³-hybridized carbons (Fsp3) is 0.125. The lowest BCUT2D eigenvalue weighted by Gasteiger charge is -2.05. The third-order valence-corrected chi connectivity index (χ3v) is 3.48. The molecular weight excluding hydrogens is 304 g/mol. The van der Waals surface area contributed by atoms with Crippen LogP contribution in [0.25, 0.3) is 0 Å². The van der Waals surface area contributed by atoms with Crippen molar-refractivity contribution in [3.05, 3.63) is 26.6 Å². The molecule has 0 heterocycles. The first-order valence-corrected chi connectivity index (χ1v) is 4.91. The van der Waals surface area contributed by atoms with Gasteiger partial charge in [0.15, 0.2) is 0 Å². The SMILES string of the molecule is COc1cc(Br)c(Br)c(C(=O)O)c1. The molecule has 0 aliphatic carbocycles. The van der Waals surface area contributed by atoms with E-state index in [1.165, 1.54) is 13.2 Å². The van der Waals surface area contributed by atoms with E-state index < -0.39 is 5.97 Å². The zero-order valence-electron chi connectivity index (χ0n) is 6.67. The summed E-state index contributed by atoms with van der Waals surface area (Å²) in [6.45, 7) is 0. The number of carbonyl (C=O) groups is 1. The molecule has 5 heteroatoms. The Balaban J connectivity index is 3.33. The highest BCUT2D eigenvalue weighted by molar-refractivity contribution is 9.13. The Kier molecular flexibility index (Phi) is 3.33. The van der Waals surface area contributed by atoms with E-state index in [9.17, 15) is 4.79 Å². The molecule has 0 amide bonds. The van der Waals surface area contributed by atoms with Crippen molar-refractivity contribution in [2.75, 3.05) is 7.11 Å². The minimum Gasteiger partial charge on any atom is -0.497 e. The lowest BCUT2D eigenvalue weighted by molar-refractivity contribution is 0.0695. The van der Waals surface area contributed by atoms with Crippen molar-refractivity contribution in [1.82, 2.24) is 0 Å². The molecule has 1 N–H and O–H groups in total. The van der Waals surface area contributed by atoms with Gasteiger partial charge in [0, 0.05) is 8.95 Å². The molecule has 0 aliphatic rings. The van der Waals surface area contributed by atoms with E-state index in [0.29, 0.717) is 14.7 Å². The Labute approximate surface area is 92.0 Å². The zero-order chi connectivity index (χ0) is 10.0. The molecule has 1 aromatic carbocycles. The van der Waals surface area contributed by atoms with Gasteiger partial charge in [0.25, 0.3) is 0 Å². The number of benzene rings is 1. The number of hydrogen-bond donors (Lipinski definition) is 1. The summed E-state index contributed by atoms with van der Waals surface area (Å²) in [5.74, 6) is -0.487. The fourth-order valence-corrected chi connectivity index (χ4v) is 1.68. The van der Waals surface area contributed by atoms with Gasteiger partial charge < -0.3 is 9.84 Å². The van der Waals surface area contributed by atoms with Gasteiger partial charge in [0.1, 0.15) is 5.75 Å². The largest absolute Gasteiger partial charge is 0.497 e. The van der Waals surface area contributed by atoms with E-state index in [4.69, 9.17) is 9.84 Å². The maximum Gasteiger partial charge on any atom is 0.337 e. The van der Waals surface area contributed by atoms with Crippen LogP contribution in [0.3, 0.4) is 0 Å². The molecule has 0 spiro atoms. The van der Waals surface area contributed by atoms with Crippen molar-refractivity contribution in [1.29, 1.82) is 0 Å². The maximum absolute atomic E-state index is 10.7. The van der Waals surface area contributed by atoms with Gasteiger partial charge in [0.05, 0.1) is 12.7 Å². The van der Waals surface area contributed by atoms with E-state index in [1.807, 2.05) is 0 Å². The van der Waals surface area contributed by atoms with Crippen molar-refractivity contribution in [2.45, 2.75) is 0 Å². The molecule has 1 rings (SSSR count). The highest BCUT2D eigenvalue weighted by Crippen LogP contribution is 2.31. The van der Waals surface area contributed by atoms with Gasteiger partial charge in [-0.15, -0.1) is 0 Å². The van der Waals surface area contributed by atoms with Crippen LogP contribution in [0.1, 0.15) is 10.4 Å². The van der Waals surface area contributed by atoms with Crippen LogP contribution in [0, 0.1) is 0 Å². The van der Waals surface area contributed by atoms with Crippen molar-refractivity contribution >= 4 is 37.8 Å². The second-order valence-corrected chi connectivity index (χ2v) is 3.92. The third kappa shape index (κ3) is 2.22. The molecule has 0 aliphatic heterocycles. The molecule has 0 bridgehead atoms. The zero-order valence-corrected chi connectivity index (χ0v) is 9.85. The molecule has 13 heavy (non-hydrogen) atoms. The van der Waals surface area contributed by atoms with Gasteiger partial charge in [-0.2, -0.15) is 0 Å². The number of carboxylic acids is 1. The number of ether oxygens (including phenoxy) is 1. The maximum atomic E-state index is 10.7. The van der Waals surface area contributed by atoms with Gasteiger partial charge in [-0.05, 0) is 44.0 Å². The lowest BCUT2D eigenvalue weighted by atomic mass is 10.2. The van der Waals surface area contributed by atoms with Gasteiger partial charge >= 0.3 is 5.97 Å². The summed E-state index contributed by atoms with van der Waals surface area (Å²) in [5.41, 5.74) is 0.172. The second kappa shape index (κ2) is 4.11. The van der Waals surface area contributed by atoms with Crippen LogP contribution in [-0.2, 0) is 0 Å². The first kappa shape index (κ1) is 10.5. The van der Waals surface area contributed by atoms with Crippen molar-refractivity contribution < 1.29 is 14.6 Å². The minimum atomic E-state index is -0.994. The predicted octanol–water partition coefficient (Wildman–Crippen LogP) is 2.92. The van der Waals surface area contributed by atoms with E-state index in [-0.39, 0.29) is 5.56 Å². The van der Waals surface area contributed by atoms with E-state index >= 15 is 0 Å². The topological polar surface area (TPSA) is 46.5 Å². The van der Waals surface area contributed by atoms with Crippen molar-refractivity contribution in [3.8, 4) is 5.75 Å². The van der Waals surface area contributed by atoms with Crippen LogP contribution >= 0.6 is 31.9 Å². The smallest absolute Gasteiger partial charge is 0.337 e. The van der Waals surface area contributed by atoms with Crippen LogP contribution in [-0.4, -0.2) is 18.2 Å². The number of rotatable bonds is 2. The fourth-order valence-electron chi connectivity index (χ4n) is 0.838. The number of carboxylic acid groups (broad SMARTS) is 1. The van der Waals surface area contributed by atoms with Crippen LogP contribution in [0.15, 0.2) is 21.1 Å². The summed E-state index contributed by atoms with van der Waals surface area (Å²) in [4.78, 5) is 10.7. The molecule has 0 saturated heterocycles. The Bertz CT molecular complexity index is 349. The first-order valence-electron chi connectivity index (χ1n) is 3.32. The molecule has 0 unspecified atom stereocenters. The molecule has 0 atom stereocenters.